The van der Waals surface area contributed by atoms with Crippen molar-refractivity contribution in [3.05, 3.63) is 74.3 Å². The van der Waals surface area contributed by atoms with Crippen LogP contribution in [0.2, 0.25) is 5.02 Å². The summed E-state index contributed by atoms with van der Waals surface area (Å²) in [5, 5.41) is 8.67. The van der Waals surface area contributed by atoms with Crippen molar-refractivity contribution in [2.75, 3.05) is 6.61 Å². The number of hydrogen-bond donors (Lipinski definition) is 0. The lowest BCUT2D eigenvalue weighted by Gasteiger charge is -2.29. The fourth-order valence-electron chi connectivity index (χ4n) is 4.67. The Balaban J connectivity index is 1.49. The smallest absolute Gasteiger partial charge is 0.261 e. The van der Waals surface area contributed by atoms with Gasteiger partial charge in [-0.3, -0.25) is 14.2 Å². The van der Waals surface area contributed by atoms with Crippen LogP contribution in [-0.4, -0.2) is 31.2 Å². The van der Waals surface area contributed by atoms with E-state index in [2.05, 4.69) is 15.2 Å². The first kappa shape index (κ1) is 22.3. The average molecular weight is 496 g/mol. The highest BCUT2D eigenvalue weighted by atomic mass is 35.5. The van der Waals surface area contributed by atoms with Crippen LogP contribution >= 0.6 is 11.6 Å². The van der Waals surface area contributed by atoms with Crippen LogP contribution < -0.4 is 5.56 Å². The minimum atomic E-state index is -0.534. The van der Waals surface area contributed by atoms with Gasteiger partial charge in [0.15, 0.2) is 5.65 Å². The Morgan fingerprint density at radius 2 is 1.91 bits per heavy atom. The second kappa shape index (κ2) is 8.49. The first-order chi connectivity index (χ1) is 16.9. The molecule has 0 radical (unpaired) electrons. The molecule has 10 heteroatoms. The molecule has 8 nitrogen and oxygen atoms in total. The van der Waals surface area contributed by atoms with Gasteiger partial charge in [-0.25, -0.2) is 9.37 Å². The normalized spacial score (nSPS) is 20.5. The molecule has 0 N–H and O–H groups in total. The molecular weight excluding hydrogens is 473 g/mol. The summed E-state index contributed by atoms with van der Waals surface area (Å²) in [5.74, 6) is 0.785. The first-order valence-electron chi connectivity index (χ1n) is 11.7. The third kappa shape index (κ3) is 3.92. The molecule has 3 aromatic heterocycles. The van der Waals surface area contributed by atoms with E-state index in [0.717, 1.165) is 12.8 Å². The van der Waals surface area contributed by atoms with Crippen molar-refractivity contribution in [1.29, 1.82) is 0 Å². The van der Waals surface area contributed by atoms with Crippen molar-refractivity contribution >= 4 is 17.2 Å². The molecule has 1 saturated heterocycles. The van der Waals surface area contributed by atoms with Gasteiger partial charge in [0.1, 0.15) is 11.9 Å². The van der Waals surface area contributed by atoms with Gasteiger partial charge in [0.05, 0.1) is 17.6 Å². The van der Waals surface area contributed by atoms with Crippen molar-refractivity contribution in [2.45, 2.75) is 57.5 Å². The number of aryl methyl sites for hydroxylation is 1. The number of benzene rings is 1. The number of hydrogen-bond acceptors (Lipinski definition) is 7. The van der Waals surface area contributed by atoms with Crippen LogP contribution in [-0.2, 0) is 4.74 Å². The summed E-state index contributed by atoms with van der Waals surface area (Å²) in [7, 11) is 0. The molecule has 0 amide bonds. The molecule has 2 atom stereocenters. The lowest BCUT2D eigenvalue weighted by atomic mass is 9.89. The van der Waals surface area contributed by atoms with Gasteiger partial charge in [-0.2, -0.15) is 0 Å². The Kier molecular flexibility index (Phi) is 5.41. The maximum Gasteiger partial charge on any atom is 0.261 e. The Morgan fingerprint density at radius 3 is 2.69 bits per heavy atom. The van der Waals surface area contributed by atoms with Gasteiger partial charge < -0.3 is 9.15 Å². The highest BCUT2D eigenvalue weighted by Crippen LogP contribution is 2.43. The zero-order chi connectivity index (χ0) is 24.3. The second-order valence-corrected chi connectivity index (χ2v) is 9.71. The zero-order valence-corrected chi connectivity index (χ0v) is 20.0. The topological polar surface area (TPSA) is 95.4 Å². The molecular formula is C25H23ClFN5O3. The van der Waals surface area contributed by atoms with E-state index in [9.17, 15) is 4.79 Å². The monoisotopic (exact) mass is 495 g/mol. The molecule has 1 aliphatic carbocycles. The predicted molar refractivity (Wildman–Crippen MR) is 126 cm³/mol. The van der Waals surface area contributed by atoms with Crippen molar-refractivity contribution in [3.8, 4) is 11.3 Å². The molecule has 4 aromatic rings. The number of rotatable bonds is 4. The summed E-state index contributed by atoms with van der Waals surface area (Å²) < 4.78 is 28.6. The largest absolute Gasteiger partial charge is 0.422 e. The molecule has 35 heavy (non-hydrogen) atoms. The number of fused-ring (bicyclic) bond motifs is 1. The van der Waals surface area contributed by atoms with Crippen molar-refractivity contribution in [1.82, 2.24) is 24.6 Å². The Bertz CT molecular complexity index is 1510. The summed E-state index contributed by atoms with van der Waals surface area (Å²) in [4.78, 5) is 22.7. The molecule has 2 aliphatic rings. The van der Waals surface area contributed by atoms with Gasteiger partial charge >= 0.3 is 0 Å². The third-order valence-electron chi connectivity index (χ3n) is 6.88. The van der Waals surface area contributed by atoms with Gasteiger partial charge in [-0.15, -0.1) is 10.2 Å². The molecule has 2 fully saturated rings. The summed E-state index contributed by atoms with van der Waals surface area (Å²) in [6.45, 7) is 3.94. The first-order valence-corrected chi connectivity index (χ1v) is 12.1. The minimum Gasteiger partial charge on any atom is -0.422 e. The number of ether oxygens (including phenoxy) is 1. The number of aromatic nitrogens is 5. The second-order valence-electron chi connectivity index (χ2n) is 9.27. The summed E-state index contributed by atoms with van der Waals surface area (Å²) in [6, 6.07) is 4.42. The van der Waals surface area contributed by atoms with E-state index in [1.807, 2.05) is 0 Å². The average Bonchev–Trinajstić information content (AvgIpc) is 3.58. The van der Waals surface area contributed by atoms with Crippen LogP contribution in [0, 0.1) is 19.7 Å². The van der Waals surface area contributed by atoms with Gasteiger partial charge in [0, 0.05) is 40.3 Å². The van der Waals surface area contributed by atoms with E-state index < -0.39 is 11.9 Å². The summed E-state index contributed by atoms with van der Waals surface area (Å²) >= 11 is 6.03. The molecule has 180 valence electrons. The fraction of sp³-hybridized carbons (Fsp3) is 0.400. The lowest BCUT2D eigenvalue weighted by Crippen LogP contribution is -2.25. The Labute approximate surface area is 205 Å². The van der Waals surface area contributed by atoms with Crippen molar-refractivity contribution in [3.63, 3.8) is 0 Å². The SMILES string of the molecule is Cc1nc2cnc([C@H]3CCO[C@@H](c4nnc(C5CC5)o4)C3)c(-c3ccc(Cl)cc3F)n2c(=O)c1C. The number of nitrogens with zero attached hydrogens (tertiary/aromatic N) is 5. The van der Waals surface area contributed by atoms with Crippen LogP contribution in [0.25, 0.3) is 16.9 Å². The molecule has 1 aromatic carbocycles. The zero-order valence-electron chi connectivity index (χ0n) is 19.3. The van der Waals surface area contributed by atoms with E-state index >= 15 is 4.39 Å². The highest BCUT2D eigenvalue weighted by molar-refractivity contribution is 6.30. The molecule has 0 spiro atoms. The van der Waals surface area contributed by atoms with E-state index in [4.69, 9.17) is 25.7 Å². The lowest BCUT2D eigenvalue weighted by molar-refractivity contribution is -0.0116. The van der Waals surface area contributed by atoms with Gasteiger partial charge in [0.2, 0.25) is 11.8 Å². The Hall–Kier alpha value is -3.17. The van der Waals surface area contributed by atoms with Gasteiger partial charge in [-0.1, -0.05) is 11.6 Å². The maximum absolute atomic E-state index is 15.2. The molecule has 0 bridgehead atoms. The fourth-order valence-corrected chi connectivity index (χ4v) is 4.82. The minimum absolute atomic E-state index is 0.131. The maximum atomic E-state index is 15.2. The van der Waals surface area contributed by atoms with Crippen LogP contribution in [0.4, 0.5) is 4.39 Å². The van der Waals surface area contributed by atoms with Crippen LogP contribution in [0.1, 0.15) is 72.4 Å². The summed E-state index contributed by atoms with van der Waals surface area (Å²) in [6.07, 6.45) is 4.46. The van der Waals surface area contributed by atoms with Gasteiger partial charge in [-0.05, 0) is 57.7 Å². The third-order valence-corrected chi connectivity index (χ3v) is 7.11. The van der Waals surface area contributed by atoms with Crippen LogP contribution in [0.3, 0.4) is 0 Å². The van der Waals surface area contributed by atoms with Crippen molar-refractivity contribution < 1.29 is 13.5 Å². The highest BCUT2D eigenvalue weighted by Gasteiger charge is 2.35. The molecule has 1 aliphatic heterocycles. The standard InChI is InChI=1S/C25H23ClFN5O3/c1-12-13(2)29-20-11-28-21(22(32(20)25(12)33)17-6-5-16(26)10-18(17)27)15-7-8-34-19(9-15)24-31-30-23(35-24)14-3-4-14/h5-6,10-11,14-15,19H,3-4,7-9H2,1-2H3/t15-,19+/m0/s1. The molecule has 1 saturated carbocycles. The molecule has 4 heterocycles. The van der Waals surface area contributed by atoms with E-state index in [-0.39, 0.29) is 22.1 Å². The predicted octanol–water partition coefficient (Wildman–Crippen LogP) is 5.06. The number of halogens is 2. The van der Waals surface area contributed by atoms with E-state index in [1.165, 1.54) is 10.5 Å². The van der Waals surface area contributed by atoms with Crippen molar-refractivity contribution in [2.24, 2.45) is 0 Å². The molecule has 0 unspecified atom stereocenters. The van der Waals surface area contributed by atoms with E-state index in [0.29, 0.717) is 65.4 Å². The quantitative estimate of drug-likeness (QED) is 0.390. The van der Waals surface area contributed by atoms with Crippen LogP contribution in [0.5, 0.6) is 0 Å². The van der Waals surface area contributed by atoms with Gasteiger partial charge in [0.25, 0.3) is 5.56 Å². The van der Waals surface area contributed by atoms with Crippen LogP contribution in [0.15, 0.2) is 33.6 Å². The Morgan fingerprint density at radius 1 is 1.11 bits per heavy atom. The van der Waals surface area contributed by atoms with E-state index in [1.54, 1.807) is 32.2 Å². The summed E-state index contributed by atoms with van der Waals surface area (Å²) in [5.41, 5.74) is 2.44. The molecule has 6 rings (SSSR count).